The molecule has 2 aromatic rings. The van der Waals surface area contributed by atoms with Gasteiger partial charge in [-0.3, -0.25) is 0 Å². The van der Waals surface area contributed by atoms with Gasteiger partial charge in [0.05, 0.1) is 0 Å². The van der Waals surface area contributed by atoms with E-state index >= 15 is 0 Å². The van der Waals surface area contributed by atoms with Crippen LogP contribution in [-0.2, 0) is 0 Å². The molecule has 0 heterocycles. The maximum atomic E-state index is 12.7. The predicted octanol–water partition coefficient (Wildman–Crippen LogP) is 4.06. The average molecular weight is 268 g/mol. The summed E-state index contributed by atoms with van der Waals surface area (Å²) in [7, 11) is 0. The van der Waals surface area contributed by atoms with Crippen molar-refractivity contribution in [2.24, 2.45) is 5.73 Å². The lowest BCUT2D eigenvalue weighted by Crippen LogP contribution is -2.04. The van der Waals surface area contributed by atoms with Gasteiger partial charge in [-0.05, 0) is 48.9 Å². The van der Waals surface area contributed by atoms with Crippen LogP contribution in [0.5, 0.6) is 11.5 Å². The van der Waals surface area contributed by atoms with Gasteiger partial charge in [-0.2, -0.15) is 0 Å². The molecule has 0 spiro atoms. The Morgan fingerprint density at radius 1 is 0.944 bits per heavy atom. The maximum Gasteiger partial charge on any atom is 0.127 e. The third-order valence-electron chi connectivity index (χ3n) is 2.46. The maximum absolute atomic E-state index is 12.7. The van der Waals surface area contributed by atoms with E-state index in [-0.39, 0.29) is 24.3 Å². The first kappa shape index (κ1) is 14.5. The molecule has 0 saturated carbocycles. The van der Waals surface area contributed by atoms with Crippen molar-refractivity contribution in [1.82, 2.24) is 0 Å². The van der Waals surface area contributed by atoms with E-state index in [1.165, 1.54) is 12.1 Å². The summed E-state index contributed by atoms with van der Waals surface area (Å²) in [5.41, 5.74) is 6.80. The predicted molar refractivity (Wildman–Crippen MR) is 72.8 cm³/mol. The fourth-order valence-corrected chi connectivity index (χ4v) is 1.48. The minimum absolute atomic E-state index is 0. The lowest BCUT2D eigenvalue weighted by molar-refractivity contribution is 0.480. The van der Waals surface area contributed by atoms with Crippen LogP contribution in [0, 0.1) is 5.82 Å². The van der Waals surface area contributed by atoms with Gasteiger partial charge in [-0.25, -0.2) is 4.39 Å². The van der Waals surface area contributed by atoms with Gasteiger partial charge in [-0.15, -0.1) is 12.4 Å². The fraction of sp³-hybridized carbons (Fsp3) is 0.143. The molecule has 0 radical (unpaired) electrons. The van der Waals surface area contributed by atoms with Gasteiger partial charge in [0.25, 0.3) is 0 Å². The van der Waals surface area contributed by atoms with Crippen LogP contribution in [0.2, 0.25) is 0 Å². The summed E-state index contributed by atoms with van der Waals surface area (Å²) >= 11 is 0. The zero-order chi connectivity index (χ0) is 12.3. The molecule has 0 aromatic heterocycles. The topological polar surface area (TPSA) is 35.2 Å². The standard InChI is InChI=1S/C14H14FNO.ClH/c1-10(16)11-2-6-13(7-3-11)17-14-8-4-12(15)5-9-14;/h2-10H,16H2,1H3;1H. The summed E-state index contributed by atoms with van der Waals surface area (Å²) in [4.78, 5) is 0. The van der Waals surface area contributed by atoms with E-state index in [9.17, 15) is 4.39 Å². The molecule has 2 N–H and O–H groups in total. The van der Waals surface area contributed by atoms with Crippen LogP contribution < -0.4 is 10.5 Å². The van der Waals surface area contributed by atoms with Gasteiger partial charge in [0.1, 0.15) is 17.3 Å². The molecule has 0 aliphatic rings. The van der Waals surface area contributed by atoms with Crippen molar-refractivity contribution in [3.63, 3.8) is 0 Å². The lowest BCUT2D eigenvalue weighted by Gasteiger charge is -2.08. The van der Waals surface area contributed by atoms with Gasteiger partial charge < -0.3 is 10.5 Å². The zero-order valence-corrected chi connectivity index (χ0v) is 10.8. The SMILES string of the molecule is CC(N)c1ccc(Oc2ccc(F)cc2)cc1.Cl. The highest BCUT2D eigenvalue weighted by atomic mass is 35.5. The van der Waals surface area contributed by atoms with E-state index in [1.54, 1.807) is 12.1 Å². The second-order valence-corrected chi connectivity index (χ2v) is 3.91. The average Bonchev–Trinajstić information content (AvgIpc) is 2.33. The van der Waals surface area contributed by atoms with E-state index in [0.29, 0.717) is 11.5 Å². The number of hydrogen-bond acceptors (Lipinski definition) is 2. The first-order chi connectivity index (χ1) is 8.15. The van der Waals surface area contributed by atoms with E-state index in [0.717, 1.165) is 5.56 Å². The van der Waals surface area contributed by atoms with Crippen molar-refractivity contribution in [1.29, 1.82) is 0 Å². The van der Waals surface area contributed by atoms with Gasteiger partial charge >= 0.3 is 0 Å². The second-order valence-electron chi connectivity index (χ2n) is 3.91. The summed E-state index contributed by atoms with van der Waals surface area (Å²) in [5, 5.41) is 0. The number of ether oxygens (including phenoxy) is 1. The Hall–Kier alpha value is -1.58. The first-order valence-corrected chi connectivity index (χ1v) is 5.44. The zero-order valence-electron chi connectivity index (χ0n) is 9.97. The van der Waals surface area contributed by atoms with Crippen LogP contribution >= 0.6 is 12.4 Å². The molecular formula is C14H15ClFNO. The molecular weight excluding hydrogens is 253 g/mol. The van der Waals surface area contributed by atoms with Crippen LogP contribution in [0.3, 0.4) is 0 Å². The number of halogens is 2. The molecule has 2 nitrogen and oxygen atoms in total. The summed E-state index contributed by atoms with van der Waals surface area (Å²) in [6.07, 6.45) is 0. The summed E-state index contributed by atoms with van der Waals surface area (Å²) < 4.78 is 18.3. The van der Waals surface area contributed by atoms with Crippen molar-refractivity contribution in [3.8, 4) is 11.5 Å². The van der Waals surface area contributed by atoms with Crippen LogP contribution in [-0.4, -0.2) is 0 Å². The lowest BCUT2D eigenvalue weighted by atomic mass is 10.1. The smallest absolute Gasteiger partial charge is 0.127 e. The summed E-state index contributed by atoms with van der Waals surface area (Å²) in [5.74, 6) is 1.05. The van der Waals surface area contributed by atoms with Crippen LogP contribution in [0.15, 0.2) is 48.5 Å². The number of rotatable bonds is 3. The van der Waals surface area contributed by atoms with Crippen molar-refractivity contribution in [3.05, 3.63) is 59.9 Å². The molecule has 1 atom stereocenters. The van der Waals surface area contributed by atoms with Gasteiger partial charge in [0.15, 0.2) is 0 Å². The van der Waals surface area contributed by atoms with Crippen molar-refractivity contribution >= 4 is 12.4 Å². The molecule has 0 aliphatic carbocycles. The monoisotopic (exact) mass is 267 g/mol. The Balaban J connectivity index is 0.00000162. The number of hydrogen-bond donors (Lipinski definition) is 1. The Morgan fingerprint density at radius 3 is 1.83 bits per heavy atom. The summed E-state index contributed by atoms with van der Waals surface area (Å²) in [6, 6.07) is 13.5. The Morgan fingerprint density at radius 2 is 1.39 bits per heavy atom. The number of nitrogens with two attached hydrogens (primary N) is 1. The van der Waals surface area contributed by atoms with Gasteiger partial charge in [0, 0.05) is 6.04 Å². The van der Waals surface area contributed by atoms with Crippen molar-refractivity contribution in [2.45, 2.75) is 13.0 Å². The molecule has 0 bridgehead atoms. The second kappa shape index (κ2) is 6.38. The number of benzene rings is 2. The van der Waals surface area contributed by atoms with Crippen molar-refractivity contribution in [2.75, 3.05) is 0 Å². The van der Waals surface area contributed by atoms with Crippen molar-refractivity contribution < 1.29 is 9.13 Å². The Kier molecular flexibility index (Phi) is 5.13. The first-order valence-electron chi connectivity index (χ1n) is 5.44. The molecule has 4 heteroatoms. The minimum Gasteiger partial charge on any atom is -0.457 e. The third-order valence-corrected chi connectivity index (χ3v) is 2.46. The van der Waals surface area contributed by atoms with Crippen LogP contribution in [0.4, 0.5) is 4.39 Å². The highest BCUT2D eigenvalue weighted by Crippen LogP contribution is 2.22. The molecule has 0 saturated heterocycles. The minimum atomic E-state index is -0.273. The Bertz CT molecular complexity index is 482. The Labute approximate surface area is 112 Å². The van der Waals surface area contributed by atoms with Gasteiger partial charge in [0.2, 0.25) is 0 Å². The fourth-order valence-electron chi connectivity index (χ4n) is 1.48. The molecule has 0 amide bonds. The van der Waals surface area contributed by atoms with Crippen LogP contribution in [0.25, 0.3) is 0 Å². The van der Waals surface area contributed by atoms with E-state index < -0.39 is 0 Å². The quantitative estimate of drug-likeness (QED) is 0.910. The highest BCUT2D eigenvalue weighted by Gasteiger charge is 2.01. The van der Waals surface area contributed by atoms with E-state index in [1.807, 2.05) is 31.2 Å². The molecule has 1 unspecified atom stereocenters. The van der Waals surface area contributed by atoms with Gasteiger partial charge in [-0.1, -0.05) is 12.1 Å². The normalized spacial score (nSPS) is 11.5. The molecule has 2 rings (SSSR count). The molecule has 0 aliphatic heterocycles. The van der Waals surface area contributed by atoms with Crippen LogP contribution in [0.1, 0.15) is 18.5 Å². The third kappa shape index (κ3) is 3.72. The molecule has 0 fully saturated rings. The largest absolute Gasteiger partial charge is 0.457 e. The molecule has 18 heavy (non-hydrogen) atoms. The van der Waals surface area contributed by atoms with E-state index in [2.05, 4.69) is 0 Å². The van der Waals surface area contributed by atoms with E-state index in [4.69, 9.17) is 10.5 Å². The molecule has 2 aromatic carbocycles. The molecule has 96 valence electrons. The highest BCUT2D eigenvalue weighted by molar-refractivity contribution is 5.85. The summed E-state index contributed by atoms with van der Waals surface area (Å²) in [6.45, 7) is 1.93.